The fourth-order valence-corrected chi connectivity index (χ4v) is 3.86. The van der Waals surface area contributed by atoms with Crippen LogP contribution in [0.15, 0.2) is 22.9 Å². The van der Waals surface area contributed by atoms with Crippen LogP contribution in [-0.2, 0) is 16.6 Å². The molecule has 0 unspecified atom stereocenters. The lowest BCUT2D eigenvalue weighted by molar-refractivity contribution is 0.424. The fourth-order valence-electron chi connectivity index (χ4n) is 2.26. The van der Waals surface area contributed by atoms with Gasteiger partial charge in [0.1, 0.15) is 0 Å². The van der Waals surface area contributed by atoms with E-state index in [1.807, 2.05) is 6.92 Å². The monoisotopic (exact) mass is 298 g/mol. The number of sulfonamides is 1. The molecule has 1 aromatic rings. The van der Waals surface area contributed by atoms with E-state index in [1.54, 1.807) is 6.20 Å². The number of nitrogens with zero attached hydrogens (tertiary/aromatic N) is 2. The molecule has 0 saturated heterocycles. The van der Waals surface area contributed by atoms with E-state index in [9.17, 15) is 8.42 Å². The fraction of sp³-hybridized carbons (Fsp3) is 0.615. The molecule has 0 atom stereocenters. The van der Waals surface area contributed by atoms with Gasteiger partial charge in [-0.3, -0.25) is 5.10 Å². The van der Waals surface area contributed by atoms with Crippen LogP contribution in [0.5, 0.6) is 0 Å². The second-order valence-electron chi connectivity index (χ2n) is 5.08. The van der Waals surface area contributed by atoms with Crippen molar-refractivity contribution in [2.24, 2.45) is 0 Å². The van der Waals surface area contributed by atoms with Crippen molar-refractivity contribution < 1.29 is 8.42 Å². The first-order chi connectivity index (χ1) is 9.55. The molecule has 0 spiro atoms. The summed E-state index contributed by atoms with van der Waals surface area (Å²) in [6.07, 6.45) is 5.45. The molecule has 6 nitrogen and oxygen atoms in total. The number of rotatable bonds is 6. The largest absolute Gasteiger partial charge is 0.313 e. The minimum Gasteiger partial charge on any atom is -0.313 e. The van der Waals surface area contributed by atoms with Crippen LogP contribution < -0.4 is 5.32 Å². The third-order valence-corrected chi connectivity index (χ3v) is 5.18. The molecule has 2 N–H and O–H groups in total. The molecule has 0 amide bonds. The van der Waals surface area contributed by atoms with Gasteiger partial charge in [0, 0.05) is 25.2 Å². The van der Waals surface area contributed by atoms with Gasteiger partial charge in [-0.2, -0.15) is 9.40 Å². The van der Waals surface area contributed by atoms with Crippen molar-refractivity contribution in [3.05, 3.63) is 23.4 Å². The molecule has 1 aliphatic rings. The third-order valence-electron chi connectivity index (χ3n) is 3.32. The van der Waals surface area contributed by atoms with Gasteiger partial charge in [0.15, 0.2) is 5.03 Å². The van der Waals surface area contributed by atoms with Crippen molar-refractivity contribution in [3.8, 4) is 0 Å². The molecular formula is C13H22N4O2S. The number of hydrogen-bond donors (Lipinski definition) is 2. The van der Waals surface area contributed by atoms with Crippen LogP contribution in [0.25, 0.3) is 0 Å². The maximum absolute atomic E-state index is 12.6. The zero-order valence-electron chi connectivity index (χ0n) is 12.0. The van der Waals surface area contributed by atoms with Crippen molar-refractivity contribution in [2.75, 3.05) is 19.6 Å². The SMILES string of the molecule is CCCNCc1cn[nH]c1S(=O)(=O)N1CCC=C(C)C1. The average Bonchev–Trinajstić information content (AvgIpc) is 2.88. The van der Waals surface area contributed by atoms with E-state index >= 15 is 0 Å². The van der Waals surface area contributed by atoms with Gasteiger partial charge in [0.05, 0.1) is 6.20 Å². The van der Waals surface area contributed by atoms with Crippen LogP contribution >= 0.6 is 0 Å². The standard InChI is InChI=1S/C13H22N4O2S/c1-3-6-14-8-12-9-15-16-13(12)20(18,19)17-7-4-5-11(2)10-17/h5,9,14H,3-4,6-8,10H2,1-2H3,(H,15,16). The topological polar surface area (TPSA) is 78.1 Å². The predicted molar refractivity (Wildman–Crippen MR) is 77.7 cm³/mol. The summed E-state index contributed by atoms with van der Waals surface area (Å²) in [6, 6.07) is 0. The summed E-state index contributed by atoms with van der Waals surface area (Å²) in [4.78, 5) is 0. The number of H-pyrrole nitrogens is 1. The van der Waals surface area contributed by atoms with E-state index < -0.39 is 10.0 Å². The summed E-state index contributed by atoms with van der Waals surface area (Å²) >= 11 is 0. The van der Waals surface area contributed by atoms with Crippen LogP contribution in [-0.4, -0.2) is 42.6 Å². The molecule has 7 heteroatoms. The van der Waals surface area contributed by atoms with Crippen LogP contribution in [0.4, 0.5) is 0 Å². The summed E-state index contributed by atoms with van der Waals surface area (Å²) in [5.74, 6) is 0. The number of aromatic amines is 1. The normalized spacial score (nSPS) is 17.2. The smallest absolute Gasteiger partial charge is 0.260 e. The minimum absolute atomic E-state index is 0.218. The summed E-state index contributed by atoms with van der Waals surface area (Å²) in [5.41, 5.74) is 1.79. The molecular weight excluding hydrogens is 276 g/mol. The first-order valence-electron chi connectivity index (χ1n) is 6.94. The maximum Gasteiger partial charge on any atom is 0.260 e. The highest BCUT2D eigenvalue weighted by atomic mass is 32.2. The first kappa shape index (κ1) is 15.2. The number of nitrogens with one attached hydrogen (secondary N) is 2. The first-order valence-corrected chi connectivity index (χ1v) is 8.38. The second kappa shape index (κ2) is 6.51. The van der Waals surface area contributed by atoms with Crippen molar-refractivity contribution in [3.63, 3.8) is 0 Å². The van der Waals surface area contributed by atoms with Crippen LogP contribution in [0, 0.1) is 0 Å². The Morgan fingerprint density at radius 2 is 2.30 bits per heavy atom. The highest BCUT2D eigenvalue weighted by Crippen LogP contribution is 2.21. The molecule has 0 fully saturated rings. The Bertz CT molecular complexity index is 577. The Morgan fingerprint density at radius 1 is 1.50 bits per heavy atom. The second-order valence-corrected chi connectivity index (χ2v) is 6.95. The van der Waals surface area contributed by atoms with Crippen molar-refractivity contribution in [1.29, 1.82) is 0 Å². The van der Waals surface area contributed by atoms with Gasteiger partial charge in [-0.15, -0.1) is 0 Å². The predicted octanol–water partition coefficient (Wildman–Crippen LogP) is 1.25. The van der Waals surface area contributed by atoms with Crippen LogP contribution in [0.1, 0.15) is 32.3 Å². The molecule has 2 heterocycles. The lowest BCUT2D eigenvalue weighted by atomic mass is 10.2. The third kappa shape index (κ3) is 3.28. The summed E-state index contributed by atoms with van der Waals surface area (Å²) in [6.45, 7) is 6.39. The van der Waals surface area contributed by atoms with E-state index in [4.69, 9.17) is 0 Å². The zero-order valence-corrected chi connectivity index (χ0v) is 12.8. The Hall–Kier alpha value is -1.18. The van der Waals surface area contributed by atoms with Crippen molar-refractivity contribution in [2.45, 2.75) is 38.3 Å². The number of hydrogen-bond acceptors (Lipinski definition) is 4. The van der Waals surface area contributed by atoms with Crippen molar-refractivity contribution >= 4 is 10.0 Å². The highest BCUT2D eigenvalue weighted by molar-refractivity contribution is 7.89. The Kier molecular flexibility index (Phi) is 4.95. The van der Waals surface area contributed by atoms with E-state index in [1.165, 1.54) is 4.31 Å². The van der Waals surface area contributed by atoms with Gasteiger partial charge in [-0.25, -0.2) is 8.42 Å². The van der Waals surface area contributed by atoms with E-state index in [2.05, 4.69) is 28.5 Å². The molecule has 20 heavy (non-hydrogen) atoms. The van der Waals surface area contributed by atoms with Crippen molar-refractivity contribution in [1.82, 2.24) is 19.8 Å². The van der Waals surface area contributed by atoms with Gasteiger partial charge in [-0.05, 0) is 26.3 Å². The van der Waals surface area contributed by atoms with E-state index in [0.717, 1.165) is 25.0 Å². The van der Waals surface area contributed by atoms with E-state index in [0.29, 0.717) is 25.2 Å². The lowest BCUT2D eigenvalue weighted by Crippen LogP contribution is -2.36. The molecule has 112 valence electrons. The Balaban J connectivity index is 2.17. The van der Waals surface area contributed by atoms with Gasteiger partial charge in [0.25, 0.3) is 10.0 Å². The maximum atomic E-state index is 12.6. The highest BCUT2D eigenvalue weighted by Gasteiger charge is 2.29. The van der Waals surface area contributed by atoms with Gasteiger partial charge >= 0.3 is 0 Å². The zero-order chi connectivity index (χ0) is 14.6. The molecule has 0 saturated carbocycles. The summed E-state index contributed by atoms with van der Waals surface area (Å²) < 4.78 is 26.8. The Labute approximate surface area is 120 Å². The molecule has 0 radical (unpaired) electrons. The molecule has 1 aromatic heterocycles. The van der Waals surface area contributed by atoms with Gasteiger partial charge in [0.2, 0.25) is 0 Å². The molecule has 0 aliphatic carbocycles. The minimum atomic E-state index is -3.48. The molecule has 0 aromatic carbocycles. The van der Waals surface area contributed by atoms with Gasteiger partial charge in [-0.1, -0.05) is 18.6 Å². The summed E-state index contributed by atoms with van der Waals surface area (Å²) in [7, 11) is -3.48. The Morgan fingerprint density at radius 3 is 3.00 bits per heavy atom. The number of aromatic nitrogens is 2. The lowest BCUT2D eigenvalue weighted by Gasteiger charge is -2.25. The molecule has 1 aliphatic heterocycles. The quantitative estimate of drug-likeness (QED) is 0.612. The van der Waals surface area contributed by atoms with Crippen LogP contribution in [0.2, 0.25) is 0 Å². The van der Waals surface area contributed by atoms with E-state index in [-0.39, 0.29) is 5.03 Å². The average molecular weight is 298 g/mol. The van der Waals surface area contributed by atoms with Crippen LogP contribution in [0.3, 0.4) is 0 Å². The molecule has 2 rings (SSSR count). The molecule has 0 bridgehead atoms. The van der Waals surface area contributed by atoms with Gasteiger partial charge < -0.3 is 5.32 Å². The summed E-state index contributed by atoms with van der Waals surface area (Å²) in [5, 5.41) is 9.97.